The molecule has 4 heteroatoms. The van der Waals surface area contributed by atoms with Crippen LogP contribution in [0.3, 0.4) is 0 Å². The molecule has 1 rings (SSSR count). The van der Waals surface area contributed by atoms with Gasteiger partial charge in [0.15, 0.2) is 11.3 Å². The van der Waals surface area contributed by atoms with Crippen LogP contribution in [0, 0.1) is 11.8 Å². The van der Waals surface area contributed by atoms with Crippen molar-refractivity contribution >= 4 is 5.71 Å². The Hall–Kier alpha value is -1.19. The smallest absolute Gasteiger partial charge is 0.275 e. The van der Waals surface area contributed by atoms with Gasteiger partial charge < -0.3 is 0 Å². The predicted molar refractivity (Wildman–Crippen MR) is 35.3 cm³/mol. The Labute approximate surface area is 61.7 Å². The topological polar surface area (TPSA) is 23.9 Å². The zero-order valence-electron chi connectivity index (χ0n) is 5.44. The minimum absolute atomic E-state index is 0.0815. The van der Waals surface area contributed by atoms with E-state index in [-0.39, 0.29) is 5.71 Å². The molecule has 1 N–H and O–H groups in total. The molecule has 0 atom stereocenters. The van der Waals surface area contributed by atoms with Crippen LogP contribution >= 0.6 is 0 Å². The van der Waals surface area contributed by atoms with Crippen LogP contribution < -0.4 is 0 Å². The van der Waals surface area contributed by atoms with E-state index in [0.717, 1.165) is 24.6 Å². The maximum atomic E-state index is 11.9. The molecular formula is C7H5F3N+. The third kappa shape index (κ3) is 1.86. The SMILES string of the molecule is N=C1C=CC(C(F)(F)F)=C[CH+]1. The predicted octanol–water partition coefficient (Wildman–Crippen LogP) is 2.27. The molecule has 0 bridgehead atoms. The van der Waals surface area contributed by atoms with Crippen LogP contribution in [0.15, 0.2) is 23.8 Å². The lowest BCUT2D eigenvalue weighted by molar-refractivity contribution is -0.0882. The van der Waals surface area contributed by atoms with Crippen LogP contribution in [0.25, 0.3) is 0 Å². The molecule has 0 heterocycles. The first kappa shape index (κ1) is 7.91. The lowest BCUT2D eigenvalue weighted by Crippen LogP contribution is -2.13. The van der Waals surface area contributed by atoms with Crippen molar-refractivity contribution in [2.24, 2.45) is 0 Å². The number of halogens is 3. The summed E-state index contributed by atoms with van der Waals surface area (Å²) in [5, 5.41) is 6.93. The van der Waals surface area contributed by atoms with Gasteiger partial charge in [-0.2, -0.15) is 13.2 Å². The summed E-state index contributed by atoms with van der Waals surface area (Å²) in [6.07, 6.45) is -0.288. The van der Waals surface area contributed by atoms with Gasteiger partial charge in [-0.15, -0.1) is 0 Å². The van der Waals surface area contributed by atoms with Crippen molar-refractivity contribution in [2.45, 2.75) is 6.18 Å². The lowest BCUT2D eigenvalue weighted by atomic mass is 10.1. The number of rotatable bonds is 0. The number of allylic oxidation sites excluding steroid dienone is 4. The van der Waals surface area contributed by atoms with Gasteiger partial charge in [0.2, 0.25) is 0 Å². The molecule has 0 spiro atoms. The monoisotopic (exact) mass is 160 g/mol. The second kappa shape index (κ2) is 2.45. The molecule has 0 fully saturated rings. The summed E-state index contributed by atoms with van der Waals surface area (Å²) in [5.41, 5.74) is -0.633. The molecule has 0 aromatic rings. The average Bonchev–Trinajstić information content (AvgIpc) is 1.86. The van der Waals surface area contributed by atoms with Gasteiger partial charge in [-0.25, -0.2) is 0 Å². The third-order valence-corrected chi connectivity index (χ3v) is 1.21. The highest BCUT2D eigenvalue weighted by Crippen LogP contribution is 2.28. The van der Waals surface area contributed by atoms with Crippen LogP contribution in [-0.2, 0) is 0 Å². The normalized spacial score (nSPS) is 17.7. The lowest BCUT2D eigenvalue weighted by Gasteiger charge is -2.02. The van der Waals surface area contributed by atoms with Gasteiger partial charge in [0, 0.05) is 0 Å². The van der Waals surface area contributed by atoms with E-state index in [0.29, 0.717) is 0 Å². The first-order valence-electron chi connectivity index (χ1n) is 2.89. The van der Waals surface area contributed by atoms with E-state index in [9.17, 15) is 13.2 Å². The quantitative estimate of drug-likeness (QED) is 0.525. The summed E-state index contributed by atoms with van der Waals surface area (Å²) < 4.78 is 35.6. The second-order valence-corrected chi connectivity index (χ2v) is 2.08. The zero-order valence-corrected chi connectivity index (χ0v) is 5.44. The van der Waals surface area contributed by atoms with E-state index in [2.05, 4.69) is 0 Å². The van der Waals surface area contributed by atoms with Crippen LogP contribution in [0.1, 0.15) is 0 Å². The van der Waals surface area contributed by atoms with Gasteiger partial charge in [0.25, 0.3) is 0 Å². The minimum Gasteiger partial charge on any atom is -0.275 e. The van der Waals surface area contributed by atoms with E-state index >= 15 is 0 Å². The van der Waals surface area contributed by atoms with Crippen LogP contribution in [0.2, 0.25) is 0 Å². The van der Waals surface area contributed by atoms with Crippen molar-refractivity contribution in [3.63, 3.8) is 0 Å². The van der Waals surface area contributed by atoms with Gasteiger partial charge >= 0.3 is 6.18 Å². The van der Waals surface area contributed by atoms with E-state index < -0.39 is 11.7 Å². The second-order valence-electron chi connectivity index (χ2n) is 2.08. The fourth-order valence-corrected chi connectivity index (χ4v) is 0.659. The average molecular weight is 160 g/mol. The molecule has 0 aromatic carbocycles. The molecule has 0 saturated carbocycles. The third-order valence-electron chi connectivity index (χ3n) is 1.21. The Kier molecular flexibility index (Phi) is 1.76. The number of nitrogens with one attached hydrogen (secondary N) is 1. The van der Waals surface area contributed by atoms with E-state index in [1.54, 1.807) is 0 Å². The largest absolute Gasteiger partial charge is 0.467 e. The van der Waals surface area contributed by atoms with E-state index in [4.69, 9.17) is 5.41 Å². The molecule has 0 radical (unpaired) electrons. The maximum Gasteiger partial charge on any atom is 0.467 e. The Balaban J connectivity index is 2.79. The summed E-state index contributed by atoms with van der Waals surface area (Å²) in [5.74, 6) is 0. The van der Waals surface area contributed by atoms with Gasteiger partial charge in [-0.3, -0.25) is 5.41 Å². The zero-order chi connectivity index (χ0) is 8.48. The maximum absolute atomic E-state index is 11.9. The van der Waals surface area contributed by atoms with Crippen LogP contribution in [-0.4, -0.2) is 11.9 Å². The number of hydrogen-bond acceptors (Lipinski definition) is 1. The van der Waals surface area contributed by atoms with Crippen LogP contribution in [0.4, 0.5) is 13.2 Å². The van der Waals surface area contributed by atoms with Crippen molar-refractivity contribution in [3.05, 3.63) is 30.2 Å². The van der Waals surface area contributed by atoms with Gasteiger partial charge in [0.05, 0.1) is 24.6 Å². The Morgan fingerprint density at radius 3 is 2.27 bits per heavy atom. The van der Waals surface area contributed by atoms with Crippen molar-refractivity contribution in [3.8, 4) is 0 Å². The number of alkyl halides is 3. The Morgan fingerprint density at radius 1 is 1.27 bits per heavy atom. The fourth-order valence-electron chi connectivity index (χ4n) is 0.659. The highest BCUT2D eigenvalue weighted by atomic mass is 19.4. The van der Waals surface area contributed by atoms with Gasteiger partial charge in [-0.1, -0.05) is 0 Å². The first-order chi connectivity index (χ1) is 5.00. The highest BCUT2D eigenvalue weighted by molar-refractivity contribution is 6.02. The van der Waals surface area contributed by atoms with E-state index in [1.807, 2.05) is 0 Å². The summed E-state index contributed by atoms with van der Waals surface area (Å²) in [6.45, 7) is 0. The molecule has 1 aliphatic rings. The van der Waals surface area contributed by atoms with Crippen LogP contribution in [0.5, 0.6) is 0 Å². The van der Waals surface area contributed by atoms with Crippen molar-refractivity contribution in [1.82, 2.24) is 0 Å². The molecule has 58 valence electrons. The molecule has 0 amide bonds. The molecule has 1 aliphatic carbocycles. The first-order valence-corrected chi connectivity index (χ1v) is 2.89. The minimum atomic E-state index is -4.30. The summed E-state index contributed by atoms with van der Waals surface area (Å²) in [4.78, 5) is 0. The van der Waals surface area contributed by atoms with Gasteiger partial charge in [-0.05, 0) is 0 Å². The Bertz CT molecular complexity index is 235. The van der Waals surface area contributed by atoms with Gasteiger partial charge in [0.1, 0.15) is 0 Å². The van der Waals surface area contributed by atoms with Crippen molar-refractivity contribution < 1.29 is 13.2 Å². The summed E-state index contributed by atoms with van der Waals surface area (Å²) >= 11 is 0. The molecule has 0 unspecified atom stereocenters. The number of hydrogen-bond donors (Lipinski definition) is 1. The fraction of sp³-hybridized carbons (Fsp3) is 0.143. The summed E-state index contributed by atoms with van der Waals surface area (Å²) in [6, 6.07) is 0. The Morgan fingerprint density at radius 2 is 1.91 bits per heavy atom. The molecule has 0 aromatic heterocycles. The standard InChI is InChI=1S/C7H5F3N/c8-7(9,10)5-1-3-6(11)4-2-5/h1-4,11H/q+1. The molecule has 0 aliphatic heterocycles. The molecule has 11 heavy (non-hydrogen) atoms. The highest BCUT2D eigenvalue weighted by Gasteiger charge is 2.38. The molecular weight excluding hydrogens is 155 g/mol. The van der Waals surface area contributed by atoms with Crippen molar-refractivity contribution in [2.75, 3.05) is 0 Å². The summed E-state index contributed by atoms with van der Waals surface area (Å²) in [7, 11) is 0. The van der Waals surface area contributed by atoms with E-state index in [1.165, 1.54) is 0 Å². The van der Waals surface area contributed by atoms with Crippen molar-refractivity contribution in [1.29, 1.82) is 5.41 Å². The molecule has 1 nitrogen and oxygen atoms in total. The molecule has 0 saturated heterocycles.